The average molecular weight is 309 g/mol. The summed E-state index contributed by atoms with van der Waals surface area (Å²) in [5, 5.41) is 0.537. The summed E-state index contributed by atoms with van der Waals surface area (Å²) in [6, 6.07) is 3.80. The second-order valence-electron chi connectivity index (χ2n) is 4.92. The number of aromatic nitrogens is 2. The van der Waals surface area contributed by atoms with Crippen molar-refractivity contribution in [2.45, 2.75) is 40.3 Å². The highest BCUT2D eigenvalue weighted by molar-refractivity contribution is 6.32. The zero-order valence-corrected chi connectivity index (χ0v) is 13.6. The third-order valence-corrected chi connectivity index (χ3v) is 3.26. The first-order valence-electron chi connectivity index (χ1n) is 7.21. The minimum Gasteiger partial charge on any atom is -0.490 e. The summed E-state index contributed by atoms with van der Waals surface area (Å²) in [7, 11) is 0. The molecule has 114 valence electrons. The van der Waals surface area contributed by atoms with Crippen LogP contribution in [0.3, 0.4) is 0 Å². The maximum absolute atomic E-state index is 6.38. The standard InChI is InChI=1S/C16H21ClN2O2/c1-5-19-8-7-18-16(19)12-9-13(17)15(21-11(3)4)14(10-12)20-6-2/h7-11H,5-6H2,1-4H3. The predicted molar refractivity (Wildman–Crippen MR) is 85.3 cm³/mol. The molecule has 0 aliphatic rings. The lowest BCUT2D eigenvalue weighted by Gasteiger charge is -2.17. The normalized spacial score (nSPS) is 11.0. The highest BCUT2D eigenvalue weighted by atomic mass is 35.5. The fraction of sp³-hybridized carbons (Fsp3) is 0.438. The Hall–Kier alpha value is -1.68. The molecular weight excluding hydrogens is 288 g/mol. The van der Waals surface area contributed by atoms with Crippen LogP contribution in [0.5, 0.6) is 11.5 Å². The number of imidazole rings is 1. The van der Waals surface area contributed by atoms with Crippen LogP contribution in [0.4, 0.5) is 0 Å². The number of benzene rings is 1. The molecule has 0 aliphatic heterocycles. The monoisotopic (exact) mass is 308 g/mol. The molecule has 0 bridgehead atoms. The van der Waals surface area contributed by atoms with Gasteiger partial charge >= 0.3 is 0 Å². The molecule has 0 amide bonds. The Balaban J connectivity index is 2.50. The van der Waals surface area contributed by atoms with E-state index in [1.807, 2.05) is 39.1 Å². The summed E-state index contributed by atoms with van der Waals surface area (Å²) in [5.74, 6) is 2.11. The van der Waals surface area contributed by atoms with Crippen LogP contribution >= 0.6 is 11.6 Å². The summed E-state index contributed by atoms with van der Waals surface area (Å²) in [6.07, 6.45) is 3.76. The van der Waals surface area contributed by atoms with Crippen molar-refractivity contribution < 1.29 is 9.47 Å². The molecule has 0 atom stereocenters. The van der Waals surface area contributed by atoms with Crippen LogP contribution in [-0.2, 0) is 6.54 Å². The van der Waals surface area contributed by atoms with Crippen molar-refractivity contribution in [1.29, 1.82) is 0 Å². The Morgan fingerprint density at radius 1 is 1.29 bits per heavy atom. The Kier molecular flexibility index (Phi) is 5.12. The third kappa shape index (κ3) is 3.50. The van der Waals surface area contributed by atoms with Crippen LogP contribution in [0.2, 0.25) is 5.02 Å². The topological polar surface area (TPSA) is 36.3 Å². The fourth-order valence-electron chi connectivity index (χ4n) is 2.13. The lowest BCUT2D eigenvalue weighted by atomic mass is 10.2. The predicted octanol–water partition coefficient (Wildman–Crippen LogP) is 4.41. The maximum Gasteiger partial charge on any atom is 0.180 e. The third-order valence-electron chi connectivity index (χ3n) is 2.98. The molecule has 5 heteroatoms. The Bertz CT molecular complexity index is 608. The quantitative estimate of drug-likeness (QED) is 0.793. The molecule has 2 aromatic rings. The first kappa shape index (κ1) is 15.7. The molecule has 0 radical (unpaired) electrons. The summed E-state index contributed by atoms with van der Waals surface area (Å²) in [5.41, 5.74) is 0.923. The Labute approximate surface area is 130 Å². The molecule has 0 spiro atoms. The first-order valence-corrected chi connectivity index (χ1v) is 7.59. The van der Waals surface area contributed by atoms with Gasteiger partial charge in [-0.15, -0.1) is 0 Å². The molecule has 0 aliphatic carbocycles. The van der Waals surface area contributed by atoms with Gasteiger partial charge in [-0.25, -0.2) is 4.98 Å². The molecule has 0 fully saturated rings. The van der Waals surface area contributed by atoms with Gasteiger partial charge in [-0.3, -0.25) is 0 Å². The number of ether oxygens (including phenoxy) is 2. The second kappa shape index (κ2) is 6.85. The number of nitrogens with zero attached hydrogens (tertiary/aromatic N) is 2. The molecule has 0 unspecified atom stereocenters. The molecule has 1 aromatic heterocycles. The van der Waals surface area contributed by atoms with Gasteiger partial charge in [0, 0.05) is 24.5 Å². The van der Waals surface area contributed by atoms with E-state index in [1.54, 1.807) is 6.20 Å². The largest absolute Gasteiger partial charge is 0.490 e. The lowest BCUT2D eigenvalue weighted by molar-refractivity contribution is 0.224. The van der Waals surface area contributed by atoms with E-state index in [2.05, 4.69) is 16.5 Å². The van der Waals surface area contributed by atoms with Gasteiger partial charge in [0.1, 0.15) is 5.82 Å². The van der Waals surface area contributed by atoms with Crippen molar-refractivity contribution in [1.82, 2.24) is 9.55 Å². The minimum absolute atomic E-state index is 0.0326. The highest BCUT2D eigenvalue weighted by Crippen LogP contribution is 2.39. The van der Waals surface area contributed by atoms with Gasteiger partial charge in [0.25, 0.3) is 0 Å². The van der Waals surface area contributed by atoms with Gasteiger partial charge in [-0.1, -0.05) is 11.6 Å². The van der Waals surface area contributed by atoms with Crippen molar-refractivity contribution in [2.75, 3.05) is 6.61 Å². The van der Waals surface area contributed by atoms with Crippen LogP contribution in [0, 0.1) is 0 Å². The number of hydrogen-bond donors (Lipinski definition) is 0. The SMILES string of the molecule is CCOc1cc(-c2nccn2CC)cc(Cl)c1OC(C)C. The molecule has 1 heterocycles. The second-order valence-corrected chi connectivity index (χ2v) is 5.33. The van der Waals surface area contributed by atoms with E-state index in [-0.39, 0.29) is 6.10 Å². The van der Waals surface area contributed by atoms with E-state index in [0.29, 0.717) is 23.1 Å². The van der Waals surface area contributed by atoms with Gasteiger partial charge in [-0.2, -0.15) is 0 Å². The molecule has 2 rings (SSSR count). The Morgan fingerprint density at radius 3 is 2.67 bits per heavy atom. The van der Waals surface area contributed by atoms with Crippen molar-refractivity contribution in [2.24, 2.45) is 0 Å². The summed E-state index contributed by atoms with van der Waals surface area (Å²) >= 11 is 6.38. The molecular formula is C16H21ClN2O2. The van der Waals surface area contributed by atoms with Crippen LogP contribution in [0.15, 0.2) is 24.5 Å². The van der Waals surface area contributed by atoms with E-state index in [0.717, 1.165) is 17.9 Å². The maximum atomic E-state index is 6.38. The minimum atomic E-state index is 0.0326. The molecule has 1 aromatic carbocycles. The number of aryl methyl sites for hydroxylation is 1. The zero-order chi connectivity index (χ0) is 15.4. The summed E-state index contributed by atoms with van der Waals surface area (Å²) in [6.45, 7) is 9.34. The van der Waals surface area contributed by atoms with E-state index in [1.165, 1.54) is 0 Å². The average Bonchev–Trinajstić information content (AvgIpc) is 2.90. The summed E-state index contributed by atoms with van der Waals surface area (Å²) < 4.78 is 13.5. The van der Waals surface area contributed by atoms with Crippen molar-refractivity contribution in [3.63, 3.8) is 0 Å². The molecule has 0 saturated heterocycles. The van der Waals surface area contributed by atoms with E-state index < -0.39 is 0 Å². The van der Waals surface area contributed by atoms with E-state index in [4.69, 9.17) is 21.1 Å². The van der Waals surface area contributed by atoms with Gasteiger partial charge < -0.3 is 14.0 Å². The first-order chi connectivity index (χ1) is 10.1. The number of hydrogen-bond acceptors (Lipinski definition) is 3. The van der Waals surface area contributed by atoms with Gasteiger partial charge in [0.15, 0.2) is 11.5 Å². The molecule has 0 saturated carbocycles. The molecule has 0 N–H and O–H groups in total. The van der Waals surface area contributed by atoms with Gasteiger partial charge in [0.2, 0.25) is 0 Å². The zero-order valence-electron chi connectivity index (χ0n) is 12.9. The van der Waals surface area contributed by atoms with Crippen molar-refractivity contribution in [3.05, 3.63) is 29.5 Å². The van der Waals surface area contributed by atoms with Crippen LogP contribution in [-0.4, -0.2) is 22.3 Å². The Morgan fingerprint density at radius 2 is 2.05 bits per heavy atom. The van der Waals surface area contributed by atoms with Crippen LogP contribution < -0.4 is 9.47 Å². The van der Waals surface area contributed by atoms with E-state index in [9.17, 15) is 0 Å². The highest BCUT2D eigenvalue weighted by Gasteiger charge is 2.16. The van der Waals surface area contributed by atoms with Crippen LogP contribution in [0.25, 0.3) is 11.4 Å². The number of halogens is 1. The smallest absolute Gasteiger partial charge is 0.180 e. The number of rotatable bonds is 6. The van der Waals surface area contributed by atoms with E-state index >= 15 is 0 Å². The fourth-order valence-corrected chi connectivity index (χ4v) is 2.39. The molecule has 4 nitrogen and oxygen atoms in total. The lowest BCUT2D eigenvalue weighted by Crippen LogP contribution is -2.08. The molecule has 21 heavy (non-hydrogen) atoms. The van der Waals surface area contributed by atoms with Crippen molar-refractivity contribution >= 4 is 11.6 Å². The summed E-state index contributed by atoms with van der Waals surface area (Å²) in [4.78, 5) is 4.40. The van der Waals surface area contributed by atoms with Gasteiger partial charge in [0.05, 0.1) is 17.7 Å². The van der Waals surface area contributed by atoms with Crippen LogP contribution in [0.1, 0.15) is 27.7 Å². The van der Waals surface area contributed by atoms with Gasteiger partial charge in [-0.05, 0) is 39.8 Å². The van der Waals surface area contributed by atoms with Crippen molar-refractivity contribution in [3.8, 4) is 22.9 Å².